The van der Waals surface area contributed by atoms with Crippen LogP contribution in [0.25, 0.3) is 22.5 Å². The standard InChI is InChI=1S/C23H18N8O3/c1-14-8-9-16(11-19(14)31(33)34)23(32)27-20-10-15(2)28-30(20)22-18-12-26-29(21(18)24-13-25-22)17-6-4-3-5-7-17/h3-13H,1-2H3,(H,27,32). The van der Waals surface area contributed by atoms with Gasteiger partial charge < -0.3 is 5.32 Å². The van der Waals surface area contributed by atoms with E-state index in [4.69, 9.17) is 0 Å². The Kier molecular flexibility index (Phi) is 5.05. The van der Waals surface area contributed by atoms with Crippen molar-refractivity contribution in [2.45, 2.75) is 13.8 Å². The van der Waals surface area contributed by atoms with Crippen LogP contribution in [0.1, 0.15) is 21.6 Å². The van der Waals surface area contributed by atoms with Gasteiger partial charge in [0.2, 0.25) is 0 Å². The molecule has 0 atom stereocenters. The van der Waals surface area contributed by atoms with Gasteiger partial charge >= 0.3 is 0 Å². The maximum atomic E-state index is 12.9. The zero-order chi connectivity index (χ0) is 23.8. The summed E-state index contributed by atoms with van der Waals surface area (Å²) >= 11 is 0. The van der Waals surface area contributed by atoms with Crippen molar-refractivity contribution in [1.82, 2.24) is 29.5 Å². The van der Waals surface area contributed by atoms with Gasteiger partial charge in [0.15, 0.2) is 11.5 Å². The van der Waals surface area contributed by atoms with Crippen molar-refractivity contribution in [2.75, 3.05) is 5.32 Å². The van der Waals surface area contributed by atoms with Gasteiger partial charge in [0.25, 0.3) is 11.6 Å². The number of hydrogen-bond donors (Lipinski definition) is 1. The average Bonchev–Trinajstić information content (AvgIpc) is 3.43. The van der Waals surface area contributed by atoms with Gasteiger partial charge in [-0.1, -0.05) is 24.3 Å². The molecule has 0 saturated carbocycles. The van der Waals surface area contributed by atoms with E-state index in [0.717, 1.165) is 5.69 Å². The number of nitrogens with one attached hydrogen (secondary N) is 1. The van der Waals surface area contributed by atoms with E-state index >= 15 is 0 Å². The first-order chi connectivity index (χ1) is 16.4. The summed E-state index contributed by atoms with van der Waals surface area (Å²) in [6.07, 6.45) is 3.05. The van der Waals surface area contributed by atoms with Gasteiger partial charge in [-0.25, -0.2) is 14.6 Å². The molecule has 1 N–H and O–H groups in total. The molecule has 0 spiro atoms. The minimum Gasteiger partial charge on any atom is -0.306 e. The summed E-state index contributed by atoms with van der Waals surface area (Å²) in [4.78, 5) is 32.4. The second-order valence-corrected chi connectivity index (χ2v) is 7.62. The number of aryl methyl sites for hydroxylation is 2. The van der Waals surface area contributed by atoms with Gasteiger partial charge in [-0.15, -0.1) is 0 Å². The number of carbonyl (C=O) groups excluding carboxylic acids is 1. The summed E-state index contributed by atoms with van der Waals surface area (Å²) in [6, 6.07) is 15.6. The van der Waals surface area contributed by atoms with Gasteiger partial charge in [0, 0.05) is 23.3 Å². The Morgan fingerprint density at radius 3 is 2.59 bits per heavy atom. The van der Waals surface area contributed by atoms with E-state index in [-0.39, 0.29) is 11.3 Å². The molecule has 1 amide bonds. The van der Waals surface area contributed by atoms with E-state index < -0.39 is 10.8 Å². The number of para-hydroxylation sites is 1. The summed E-state index contributed by atoms with van der Waals surface area (Å²) in [5.74, 6) is 0.290. The summed E-state index contributed by atoms with van der Waals surface area (Å²) < 4.78 is 3.19. The number of fused-ring (bicyclic) bond motifs is 1. The van der Waals surface area contributed by atoms with Crippen LogP contribution in [-0.4, -0.2) is 40.4 Å². The van der Waals surface area contributed by atoms with E-state index in [1.165, 1.54) is 23.1 Å². The van der Waals surface area contributed by atoms with Crippen LogP contribution in [0.15, 0.2) is 67.1 Å². The SMILES string of the molecule is Cc1cc(NC(=O)c2ccc(C)c([N+](=O)[O-])c2)n(-c2ncnc3c2cnn3-c2ccccc2)n1. The molecule has 3 heterocycles. The predicted molar refractivity (Wildman–Crippen MR) is 124 cm³/mol. The topological polar surface area (TPSA) is 134 Å². The van der Waals surface area contributed by atoms with Crippen molar-refractivity contribution in [2.24, 2.45) is 0 Å². The van der Waals surface area contributed by atoms with E-state index in [9.17, 15) is 14.9 Å². The second-order valence-electron chi connectivity index (χ2n) is 7.62. The molecule has 168 valence electrons. The van der Waals surface area contributed by atoms with Crippen molar-refractivity contribution >= 4 is 28.4 Å². The Morgan fingerprint density at radius 1 is 1.03 bits per heavy atom. The van der Waals surface area contributed by atoms with Gasteiger partial charge in [-0.05, 0) is 32.0 Å². The monoisotopic (exact) mass is 454 g/mol. The van der Waals surface area contributed by atoms with Gasteiger partial charge in [0.1, 0.15) is 12.1 Å². The molecule has 0 bridgehead atoms. The molecule has 0 saturated heterocycles. The first-order valence-electron chi connectivity index (χ1n) is 10.3. The average molecular weight is 454 g/mol. The van der Waals surface area contributed by atoms with Crippen LogP contribution in [0.5, 0.6) is 0 Å². The number of rotatable bonds is 5. The van der Waals surface area contributed by atoms with Crippen LogP contribution in [0.4, 0.5) is 11.5 Å². The minimum absolute atomic E-state index is 0.122. The number of aromatic nitrogens is 6. The molecule has 0 unspecified atom stereocenters. The van der Waals surface area contributed by atoms with Crippen molar-refractivity contribution in [3.63, 3.8) is 0 Å². The van der Waals surface area contributed by atoms with Gasteiger partial charge in [-0.2, -0.15) is 14.9 Å². The third-order valence-corrected chi connectivity index (χ3v) is 5.29. The molecule has 5 aromatic rings. The lowest BCUT2D eigenvalue weighted by molar-refractivity contribution is -0.385. The predicted octanol–water partition coefficient (Wildman–Crippen LogP) is 3.78. The van der Waals surface area contributed by atoms with Crippen LogP contribution in [0.3, 0.4) is 0 Å². The molecule has 0 aliphatic heterocycles. The Bertz CT molecular complexity index is 1560. The van der Waals surface area contributed by atoms with Crippen LogP contribution in [0, 0.1) is 24.0 Å². The fraction of sp³-hybridized carbons (Fsp3) is 0.0870. The zero-order valence-electron chi connectivity index (χ0n) is 18.2. The number of anilines is 1. The normalized spacial score (nSPS) is 11.0. The van der Waals surface area contributed by atoms with Crippen molar-refractivity contribution in [3.05, 3.63) is 94.1 Å². The van der Waals surface area contributed by atoms with E-state index in [1.807, 2.05) is 30.3 Å². The number of nitrogens with zero attached hydrogens (tertiary/aromatic N) is 7. The molecule has 34 heavy (non-hydrogen) atoms. The largest absolute Gasteiger partial charge is 0.306 e. The van der Waals surface area contributed by atoms with Crippen molar-refractivity contribution in [1.29, 1.82) is 0 Å². The molecule has 5 rings (SSSR count). The minimum atomic E-state index is -0.511. The molecule has 2 aromatic carbocycles. The molecule has 0 aliphatic carbocycles. The number of hydrogen-bond acceptors (Lipinski definition) is 7. The van der Waals surface area contributed by atoms with E-state index in [2.05, 4.69) is 25.5 Å². The number of carbonyl (C=O) groups is 1. The Hall–Kier alpha value is -4.93. The van der Waals surface area contributed by atoms with E-state index in [0.29, 0.717) is 33.9 Å². The molecule has 0 fully saturated rings. The Balaban J connectivity index is 1.54. The molecule has 0 radical (unpaired) electrons. The maximum absolute atomic E-state index is 12.9. The fourth-order valence-electron chi connectivity index (χ4n) is 3.64. The summed E-state index contributed by atoms with van der Waals surface area (Å²) in [5.41, 5.74) is 2.58. The summed E-state index contributed by atoms with van der Waals surface area (Å²) in [6.45, 7) is 3.41. The number of nitro benzene ring substituents is 1. The highest BCUT2D eigenvalue weighted by Crippen LogP contribution is 2.25. The van der Waals surface area contributed by atoms with Crippen LogP contribution in [0.2, 0.25) is 0 Å². The molecule has 11 nitrogen and oxygen atoms in total. The molecule has 0 aliphatic rings. The number of nitro groups is 1. The van der Waals surface area contributed by atoms with Crippen molar-refractivity contribution < 1.29 is 9.72 Å². The fourth-order valence-corrected chi connectivity index (χ4v) is 3.64. The quantitative estimate of drug-likeness (QED) is 0.315. The molecular formula is C23H18N8O3. The lowest BCUT2D eigenvalue weighted by Gasteiger charge is -2.09. The lowest BCUT2D eigenvalue weighted by Crippen LogP contribution is -2.16. The molecular weight excluding hydrogens is 436 g/mol. The molecule has 3 aromatic heterocycles. The maximum Gasteiger partial charge on any atom is 0.273 e. The van der Waals surface area contributed by atoms with Gasteiger partial charge in [0.05, 0.1) is 27.9 Å². The number of amides is 1. The highest BCUT2D eigenvalue weighted by atomic mass is 16.6. The smallest absolute Gasteiger partial charge is 0.273 e. The summed E-state index contributed by atoms with van der Waals surface area (Å²) in [5, 5.41) is 23.6. The first kappa shape index (κ1) is 20.9. The lowest BCUT2D eigenvalue weighted by atomic mass is 10.1. The summed E-state index contributed by atoms with van der Waals surface area (Å²) in [7, 11) is 0. The van der Waals surface area contributed by atoms with Crippen molar-refractivity contribution in [3.8, 4) is 11.5 Å². The first-order valence-corrected chi connectivity index (χ1v) is 10.3. The number of benzene rings is 2. The zero-order valence-corrected chi connectivity index (χ0v) is 18.2. The Morgan fingerprint density at radius 2 is 1.82 bits per heavy atom. The van der Waals surface area contributed by atoms with Crippen LogP contribution in [-0.2, 0) is 0 Å². The van der Waals surface area contributed by atoms with E-state index in [1.54, 1.807) is 36.9 Å². The van der Waals surface area contributed by atoms with Crippen LogP contribution < -0.4 is 5.32 Å². The van der Waals surface area contributed by atoms with Gasteiger partial charge in [-0.3, -0.25) is 14.9 Å². The van der Waals surface area contributed by atoms with Crippen LogP contribution >= 0.6 is 0 Å². The third kappa shape index (κ3) is 3.64. The Labute approximate surface area is 192 Å². The second kappa shape index (κ2) is 8.20. The third-order valence-electron chi connectivity index (χ3n) is 5.29. The molecule has 11 heteroatoms. The highest BCUT2D eigenvalue weighted by molar-refractivity contribution is 6.04. The highest BCUT2D eigenvalue weighted by Gasteiger charge is 2.20.